The van der Waals surface area contributed by atoms with E-state index < -0.39 is 0 Å². The van der Waals surface area contributed by atoms with Gasteiger partial charge in [-0.2, -0.15) is 5.10 Å². The fourth-order valence-electron chi connectivity index (χ4n) is 1.38. The lowest BCUT2D eigenvalue weighted by molar-refractivity contribution is 0.266. The van der Waals surface area contributed by atoms with Crippen LogP contribution in [0.15, 0.2) is 11.0 Å². The number of hydrogen-bond donors (Lipinski definition) is 2. The van der Waals surface area contributed by atoms with Crippen LogP contribution in [-0.2, 0) is 6.54 Å². The van der Waals surface area contributed by atoms with Crippen LogP contribution in [0, 0.1) is 0 Å². The molecular weight excluding hydrogens is 244 g/mol. The molecule has 0 bridgehead atoms. The lowest BCUT2D eigenvalue weighted by Crippen LogP contribution is -2.31. The summed E-state index contributed by atoms with van der Waals surface area (Å²) in [6.45, 7) is 1.52. The van der Waals surface area contributed by atoms with Crippen molar-refractivity contribution in [1.82, 2.24) is 15.1 Å². The summed E-state index contributed by atoms with van der Waals surface area (Å²) in [4.78, 5) is 13.6. The molecule has 1 aromatic heterocycles. The molecule has 0 saturated heterocycles. The molecule has 17 heavy (non-hydrogen) atoms. The Morgan fingerprint density at radius 1 is 1.65 bits per heavy atom. The van der Waals surface area contributed by atoms with E-state index in [1.807, 2.05) is 19.0 Å². The molecule has 96 valence electrons. The predicted molar refractivity (Wildman–Crippen MR) is 67.8 cm³/mol. The Morgan fingerprint density at radius 2 is 2.35 bits per heavy atom. The number of aliphatic hydroxyl groups excluding tert-OH is 1. The van der Waals surface area contributed by atoms with Crippen LogP contribution < -0.4 is 15.8 Å². The smallest absolute Gasteiger partial charge is 0.287 e. The Hall–Kier alpha value is -1.11. The molecule has 0 aromatic carbocycles. The number of likely N-dealkylation sites (N-methyl/N-ethyl adjacent to an activating group) is 2. The highest BCUT2D eigenvalue weighted by Crippen LogP contribution is 2.18. The van der Waals surface area contributed by atoms with Gasteiger partial charge in [-0.3, -0.25) is 4.79 Å². The van der Waals surface area contributed by atoms with Gasteiger partial charge < -0.3 is 15.3 Å². The highest BCUT2D eigenvalue weighted by atomic mass is 35.5. The maximum atomic E-state index is 11.8. The molecule has 1 rings (SSSR count). The van der Waals surface area contributed by atoms with Crippen molar-refractivity contribution in [2.75, 3.05) is 38.7 Å². The summed E-state index contributed by atoms with van der Waals surface area (Å²) in [6, 6.07) is 0. The van der Waals surface area contributed by atoms with E-state index in [4.69, 9.17) is 16.7 Å². The monoisotopic (exact) mass is 260 g/mol. The van der Waals surface area contributed by atoms with Crippen molar-refractivity contribution < 1.29 is 5.11 Å². The second-order valence-corrected chi connectivity index (χ2v) is 4.00. The largest absolute Gasteiger partial charge is 0.394 e. The van der Waals surface area contributed by atoms with Crippen molar-refractivity contribution in [3.8, 4) is 0 Å². The van der Waals surface area contributed by atoms with Gasteiger partial charge in [0.1, 0.15) is 5.02 Å². The van der Waals surface area contributed by atoms with Crippen molar-refractivity contribution in [2.24, 2.45) is 0 Å². The van der Waals surface area contributed by atoms with Crippen molar-refractivity contribution in [3.63, 3.8) is 0 Å². The van der Waals surface area contributed by atoms with Crippen LogP contribution in [0.5, 0.6) is 0 Å². The SMILES string of the molecule is CNCCN(C)c1cnn(CCO)c(=O)c1Cl. The number of aromatic nitrogens is 2. The van der Waals surface area contributed by atoms with Gasteiger partial charge in [0.25, 0.3) is 5.56 Å². The van der Waals surface area contributed by atoms with E-state index in [9.17, 15) is 4.79 Å². The Morgan fingerprint density at radius 3 is 2.94 bits per heavy atom. The first-order valence-corrected chi connectivity index (χ1v) is 5.71. The average Bonchev–Trinajstić information content (AvgIpc) is 2.32. The molecule has 0 amide bonds. The van der Waals surface area contributed by atoms with Gasteiger partial charge in [-0.05, 0) is 7.05 Å². The first-order chi connectivity index (χ1) is 8.11. The van der Waals surface area contributed by atoms with Crippen LogP contribution in [0.4, 0.5) is 5.69 Å². The molecule has 1 aromatic rings. The third-order valence-corrected chi connectivity index (χ3v) is 2.74. The summed E-state index contributed by atoms with van der Waals surface area (Å²) in [6.07, 6.45) is 1.54. The van der Waals surface area contributed by atoms with E-state index in [0.29, 0.717) is 5.69 Å². The molecule has 7 heteroatoms. The molecular formula is C10H17ClN4O2. The second kappa shape index (κ2) is 6.58. The molecule has 0 spiro atoms. The van der Waals surface area contributed by atoms with Crippen LogP contribution in [0.2, 0.25) is 5.02 Å². The van der Waals surface area contributed by atoms with E-state index in [0.717, 1.165) is 17.8 Å². The molecule has 0 atom stereocenters. The van der Waals surface area contributed by atoms with Gasteiger partial charge >= 0.3 is 0 Å². The Kier molecular flexibility index (Phi) is 5.40. The van der Waals surface area contributed by atoms with Gasteiger partial charge in [-0.1, -0.05) is 11.6 Å². The van der Waals surface area contributed by atoms with Gasteiger partial charge in [0, 0.05) is 20.1 Å². The molecule has 0 fully saturated rings. The van der Waals surface area contributed by atoms with Gasteiger partial charge in [0.2, 0.25) is 0 Å². The average molecular weight is 261 g/mol. The fourth-order valence-corrected chi connectivity index (χ4v) is 1.67. The summed E-state index contributed by atoms with van der Waals surface area (Å²) in [7, 11) is 3.70. The minimum Gasteiger partial charge on any atom is -0.394 e. The lowest BCUT2D eigenvalue weighted by atomic mass is 10.4. The molecule has 6 nitrogen and oxygen atoms in total. The maximum Gasteiger partial charge on any atom is 0.287 e. The van der Waals surface area contributed by atoms with Gasteiger partial charge in [0.15, 0.2) is 0 Å². The molecule has 0 unspecified atom stereocenters. The van der Waals surface area contributed by atoms with Crippen molar-refractivity contribution in [3.05, 3.63) is 21.6 Å². The minimum absolute atomic E-state index is 0.132. The summed E-state index contributed by atoms with van der Waals surface area (Å²) in [5, 5.41) is 15.9. The van der Waals surface area contributed by atoms with Gasteiger partial charge in [-0.15, -0.1) is 0 Å². The number of anilines is 1. The summed E-state index contributed by atoms with van der Waals surface area (Å²) >= 11 is 5.99. The maximum absolute atomic E-state index is 11.8. The first-order valence-electron chi connectivity index (χ1n) is 5.34. The number of rotatable bonds is 6. The van der Waals surface area contributed by atoms with E-state index in [1.54, 1.807) is 0 Å². The normalized spacial score (nSPS) is 10.6. The Labute approximate surface area is 105 Å². The minimum atomic E-state index is -0.380. The third-order valence-electron chi connectivity index (χ3n) is 2.39. The third kappa shape index (κ3) is 3.42. The first kappa shape index (κ1) is 14.0. The molecule has 0 saturated carbocycles. The Bertz CT molecular complexity index is 421. The molecule has 0 aliphatic carbocycles. The number of nitrogens with zero attached hydrogens (tertiary/aromatic N) is 3. The molecule has 2 N–H and O–H groups in total. The van der Waals surface area contributed by atoms with Crippen LogP contribution in [0.25, 0.3) is 0 Å². The zero-order chi connectivity index (χ0) is 12.8. The van der Waals surface area contributed by atoms with Crippen LogP contribution in [0.1, 0.15) is 0 Å². The molecule has 0 radical (unpaired) electrons. The summed E-state index contributed by atoms with van der Waals surface area (Å²) < 4.78 is 1.15. The highest BCUT2D eigenvalue weighted by Gasteiger charge is 2.12. The quantitative estimate of drug-likeness (QED) is 0.725. The van der Waals surface area contributed by atoms with E-state index in [-0.39, 0.29) is 23.7 Å². The van der Waals surface area contributed by atoms with Crippen LogP contribution in [-0.4, -0.2) is 48.7 Å². The Balaban J connectivity index is 2.95. The van der Waals surface area contributed by atoms with Crippen molar-refractivity contribution >= 4 is 17.3 Å². The molecule has 1 heterocycles. The van der Waals surface area contributed by atoms with Gasteiger partial charge in [0.05, 0.1) is 25.0 Å². The fraction of sp³-hybridized carbons (Fsp3) is 0.600. The van der Waals surface area contributed by atoms with Crippen LogP contribution in [0.3, 0.4) is 0 Å². The zero-order valence-corrected chi connectivity index (χ0v) is 10.7. The number of aliphatic hydroxyl groups is 1. The second-order valence-electron chi connectivity index (χ2n) is 3.62. The van der Waals surface area contributed by atoms with Crippen molar-refractivity contribution in [1.29, 1.82) is 0 Å². The summed E-state index contributed by atoms with van der Waals surface area (Å²) in [5.41, 5.74) is 0.218. The zero-order valence-electron chi connectivity index (χ0n) is 9.98. The van der Waals surface area contributed by atoms with Gasteiger partial charge in [-0.25, -0.2) is 4.68 Å². The van der Waals surface area contributed by atoms with E-state index in [2.05, 4.69) is 10.4 Å². The number of nitrogens with one attached hydrogen (secondary N) is 1. The van der Waals surface area contributed by atoms with Crippen molar-refractivity contribution in [2.45, 2.75) is 6.54 Å². The topological polar surface area (TPSA) is 70.4 Å². The molecule has 0 aliphatic rings. The number of halogens is 1. The van der Waals surface area contributed by atoms with E-state index in [1.165, 1.54) is 6.20 Å². The van der Waals surface area contributed by atoms with Crippen LogP contribution >= 0.6 is 11.6 Å². The highest BCUT2D eigenvalue weighted by molar-refractivity contribution is 6.33. The molecule has 0 aliphatic heterocycles. The standard InChI is InChI=1S/C10H17ClN4O2/c1-12-3-4-14(2)8-7-13-15(5-6-16)10(17)9(8)11/h7,12,16H,3-6H2,1-2H3. The predicted octanol–water partition coefficient (Wildman–Crippen LogP) is -0.455. The van der Waals surface area contributed by atoms with E-state index >= 15 is 0 Å². The lowest BCUT2D eigenvalue weighted by Gasteiger charge is -2.20. The summed E-state index contributed by atoms with van der Waals surface area (Å²) in [5.74, 6) is 0. The number of hydrogen-bond acceptors (Lipinski definition) is 5.